The van der Waals surface area contributed by atoms with Gasteiger partial charge in [-0.3, -0.25) is 4.79 Å². The Balaban J connectivity index is 2.52. The van der Waals surface area contributed by atoms with Crippen molar-refractivity contribution < 1.29 is 4.79 Å². The van der Waals surface area contributed by atoms with Gasteiger partial charge < -0.3 is 11.1 Å². The van der Waals surface area contributed by atoms with Crippen molar-refractivity contribution in [2.24, 2.45) is 17.6 Å². The molecule has 0 saturated heterocycles. The molecular weight excluding hydrogens is 212 g/mol. The molecule has 0 radical (unpaired) electrons. The van der Waals surface area contributed by atoms with Crippen LogP contribution in [0.1, 0.15) is 45.4 Å². The third kappa shape index (κ3) is 4.05. The first kappa shape index (κ1) is 14.1. The molecular formula is C14H24N2O. The highest BCUT2D eigenvalue weighted by Gasteiger charge is 2.30. The van der Waals surface area contributed by atoms with Crippen LogP contribution in [0.2, 0.25) is 0 Å². The monoisotopic (exact) mass is 236 g/mol. The third-order valence-electron chi connectivity index (χ3n) is 3.75. The molecule has 1 fully saturated rings. The molecule has 0 aromatic rings. The number of carbonyl (C=O) groups is 1. The van der Waals surface area contributed by atoms with Gasteiger partial charge in [-0.1, -0.05) is 19.8 Å². The van der Waals surface area contributed by atoms with Gasteiger partial charge >= 0.3 is 0 Å². The van der Waals surface area contributed by atoms with Crippen LogP contribution in [0.15, 0.2) is 0 Å². The molecule has 96 valence electrons. The van der Waals surface area contributed by atoms with Crippen LogP contribution in [0.4, 0.5) is 0 Å². The fourth-order valence-corrected chi connectivity index (χ4v) is 2.58. The van der Waals surface area contributed by atoms with Gasteiger partial charge in [0.2, 0.25) is 5.91 Å². The van der Waals surface area contributed by atoms with Crippen LogP contribution in [0.3, 0.4) is 0 Å². The molecule has 3 N–H and O–H groups in total. The van der Waals surface area contributed by atoms with Gasteiger partial charge in [0.15, 0.2) is 0 Å². The first-order valence-corrected chi connectivity index (χ1v) is 6.66. The fraction of sp³-hybridized carbons (Fsp3) is 0.786. The van der Waals surface area contributed by atoms with Gasteiger partial charge in [0.05, 0.1) is 0 Å². The fourth-order valence-electron chi connectivity index (χ4n) is 2.58. The summed E-state index contributed by atoms with van der Waals surface area (Å²) < 4.78 is 0. The Hall–Kier alpha value is -1.01. The Morgan fingerprint density at radius 3 is 2.82 bits per heavy atom. The van der Waals surface area contributed by atoms with Crippen molar-refractivity contribution in [2.45, 2.75) is 51.5 Å². The van der Waals surface area contributed by atoms with E-state index in [1.54, 1.807) is 0 Å². The number of nitrogens with two attached hydrogens (primary N) is 1. The zero-order chi connectivity index (χ0) is 12.7. The summed E-state index contributed by atoms with van der Waals surface area (Å²) in [4.78, 5) is 12.2. The average Bonchev–Trinajstić information content (AvgIpc) is 2.38. The predicted molar refractivity (Wildman–Crippen MR) is 70.2 cm³/mol. The Kier molecular flexibility index (Phi) is 6.07. The summed E-state index contributed by atoms with van der Waals surface area (Å²) in [5, 5.41) is 3.06. The highest BCUT2D eigenvalue weighted by atomic mass is 16.1. The summed E-state index contributed by atoms with van der Waals surface area (Å²) in [7, 11) is 0. The molecule has 17 heavy (non-hydrogen) atoms. The average molecular weight is 236 g/mol. The minimum Gasteiger partial charge on any atom is -0.352 e. The standard InChI is InChI=1S/C14H24N2O/c1-3-7-12(4-2)16-14(17)13-9-6-5-8-11(13)10-15/h1,11-13H,4-10,15H2,2H3,(H,16,17). The number of terminal acetylenes is 1. The van der Waals surface area contributed by atoms with E-state index in [-0.39, 0.29) is 17.9 Å². The lowest BCUT2D eigenvalue weighted by Crippen LogP contribution is -2.43. The van der Waals surface area contributed by atoms with E-state index in [0.717, 1.165) is 25.7 Å². The van der Waals surface area contributed by atoms with Gasteiger partial charge in [0, 0.05) is 18.4 Å². The van der Waals surface area contributed by atoms with Crippen molar-refractivity contribution >= 4 is 5.91 Å². The van der Waals surface area contributed by atoms with Crippen molar-refractivity contribution in [1.82, 2.24) is 5.32 Å². The summed E-state index contributed by atoms with van der Waals surface area (Å²) in [5.74, 6) is 3.22. The molecule has 3 nitrogen and oxygen atoms in total. The van der Waals surface area contributed by atoms with E-state index < -0.39 is 0 Å². The number of nitrogens with one attached hydrogen (secondary N) is 1. The van der Waals surface area contributed by atoms with Crippen LogP contribution >= 0.6 is 0 Å². The van der Waals surface area contributed by atoms with Crippen molar-refractivity contribution in [3.8, 4) is 12.3 Å². The molecule has 1 amide bonds. The molecule has 3 heteroatoms. The molecule has 1 aliphatic rings. The maximum atomic E-state index is 12.2. The van der Waals surface area contributed by atoms with E-state index in [4.69, 9.17) is 12.2 Å². The third-order valence-corrected chi connectivity index (χ3v) is 3.75. The molecule has 0 bridgehead atoms. The van der Waals surface area contributed by atoms with Crippen molar-refractivity contribution in [3.05, 3.63) is 0 Å². The van der Waals surface area contributed by atoms with Crippen LogP contribution < -0.4 is 11.1 Å². The number of rotatable bonds is 5. The quantitative estimate of drug-likeness (QED) is 0.713. The normalized spacial score (nSPS) is 25.9. The van der Waals surface area contributed by atoms with Crippen molar-refractivity contribution in [3.63, 3.8) is 0 Å². The van der Waals surface area contributed by atoms with Gasteiger partial charge in [0.25, 0.3) is 0 Å². The number of carbonyl (C=O) groups excluding carboxylic acids is 1. The van der Waals surface area contributed by atoms with Gasteiger partial charge in [-0.15, -0.1) is 12.3 Å². The van der Waals surface area contributed by atoms with E-state index >= 15 is 0 Å². The number of hydrogen-bond acceptors (Lipinski definition) is 2. The molecule has 3 unspecified atom stereocenters. The molecule has 0 aliphatic heterocycles. The van der Waals surface area contributed by atoms with Gasteiger partial charge in [-0.05, 0) is 31.7 Å². The molecule has 0 spiro atoms. The summed E-state index contributed by atoms with van der Waals surface area (Å²) in [6, 6.07) is 0.118. The molecule has 1 rings (SSSR count). The van der Waals surface area contributed by atoms with Crippen LogP contribution in [-0.4, -0.2) is 18.5 Å². The maximum absolute atomic E-state index is 12.2. The summed E-state index contributed by atoms with van der Waals surface area (Å²) >= 11 is 0. The van der Waals surface area contributed by atoms with E-state index in [1.807, 2.05) is 6.92 Å². The molecule has 1 aliphatic carbocycles. The lowest BCUT2D eigenvalue weighted by molar-refractivity contribution is -0.128. The Labute approximate surface area is 105 Å². The van der Waals surface area contributed by atoms with E-state index in [2.05, 4.69) is 11.2 Å². The molecule has 0 aromatic carbocycles. The second-order valence-corrected chi connectivity index (χ2v) is 4.91. The van der Waals surface area contributed by atoms with Crippen LogP contribution in [0, 0.1) is 24.2 Å². The smallest absolute Gasteiger partial charge is 0.223 e. The predicted octanol–water partition coefficient (Wildman–Crippen LogP) is 1.67. The lowest BCUT2D eigenvalue weighted by Gasteiger charge is -2.30. The second-order valence-electron chi connectivity index (χ2n) is 4.91. The first-order valence-electron chi connectivity index (χ1n) is 6.66. The van der Waals surface area contributed by atoms with Crippen molar-refractivity contribution in [2.75, 3.05) is 6.54 Å². The Bertz CT molecular complexity index is 282. The Morgan fingerprint density at radius 1 is 1.53 bits per heavy atom. The SMILES string of the molecule is C#CCC(CC)NC(=O)C1CCCCC1CN. The highest BCUT2D eigenvalue weighted by molar-refractivity contribution is 5.79. The van der Waals surface area contributed by atoms with Gasteiger partial charge in [0.1, 0.15) is 0 Å². The minimum absolute atomic E-state index is 0.0978. The number of hydrogen-bond donors (Lipinski definition) is 2. The van der Waals surface area contributed by atoms with Gasteiger partial charge in [-0.25, -0.2) is 0 Å². The molecule has 0 heterocycles. The van der Waals surface area contributed by atoms with Crippen LogP contribution in [0.5, 0.6) is 0 Å². The number of amides is 1. The zero-order valence-corrected chi connectivity index (χ0v) is 10.7. The maximum Gasteiger partial charge on any atom is 0.223 e. The lowest BCUT2D eigenvalue weighted by atomic mass is 9.78. The van der Waals surface area contributed by atoms with Crippen LogP contribution in [-0.2, 0) is 4.79 Å². The van der Waals surface area contributed by atoms with Crippen molar-refractivity contribution in [1.29, 1.82) is 0 Å². The van der Waals surface area contributed by atoms with Crippen LogP contribution in [0.25, 0.3) is 0 Å². The summed E-state index contributed by atoms with van der Waals surface area (Å²) in [6.45, 7) is 2.66. The summed E-state index contributed by atoms with van der Waals surface area (Å²) in [6.07, 6.45) is 11.2. The molecule has 1 saturated carbocycles. The van der Waals surface area contributed by atoms with E-state index in [1.165, 1.54) is 6.42 Å². The zero-order valence-electron chi connectivity index (χ0n) is 10.7. The summed E-state index contributed by atoms with van der Waals surface area (Å²) in [5.41, 5.74) is 5.74. The van der Waals surface area contributed by atoms with E-state index in [9.17, 15) is 4.79 Å². The second kappa shape index (κ2) is 7.34. The van der Waals surface area contributed by atoms with E-state index in [0.29, 0.717) is 18.9 Å². The first-order chi connectivity index (χ1) is 8.22. The molecule has 0 aromatic heterocycles. The largest absolute Gasteiger partial charge is 0.352 e. The minimum atomic E-state index is 0.0978. The Morgan fingerprint density at radius 2 is 2.24 bits per heavy atom. The molecule has 3 atom stereocenters. The highest BCUT2D eigenvalue weighted by Crippen LogP contribution is 2.29. The van der Waals surface area contributed by atoms with Gasteiger partial charge in [-0.2, -0.15) is 0 Å². The topological polar surface area (TPSA) is 55.1 Å².